The topological polar surface area (TPSA) is 58.6 Å². The Morgan fingerprint density at radius 3 is 2.89 bits per heavy atom. The fraction of sp³-hybridized carbons (Fsp3) is 0.385. The van der Waals surface area contributed by atoms with E-state index in [1.807, 2.05) is 0 Å². The first-order valence-electron chi connectivity index (χ1n) is 5.94. The number of carbonyl (C=O) groups excluding carboxylic acids is 2. The van der Waals surface area contributed by atoms with Crippen molar-refractivity contribution < 1.29 is 14.3 Å². The van der Waals surface area contributed by atoms with Gasteiger partial charge in [-0.1, -0.05) is 24.6 Å². The fourth-order valence-corrected chi connectivity index (χ4v) is 2.24. The zero-order chi connectivity index (χ0) is 14.0. The van der Waals surface area contributed by atoms with Crippen molar-refractivity contribution in [1.29, 1.82) is 0 Å². The van der Waals surface area contributed by atoms with E-state index in [9.17, 15) is 9.59 Å². The molecule has 0 saturated carbocycles. The number of urea groups is 1. The number of nitrogens with zero attached hydrogens (tertiary/aromatic N) is 1. The number of nitrogens with one attached hydrogen (secondary N) is 1. The molecule has 5 nitrogen and oxygen atoms in total. The summed E-state index contributed by atoms with van der Waals surface area (Å²) in [6, 6.07) is 4.92. The molecule has 1 aromatic carbocycles. The summed E-state index contributed by atoms with van der Waals surface area (Å²) < 4.78 is 5.24. The molecule has 1 aliphatic heterocycles. The van der Waals surface area contributed by atoms with Gasteiger partial charge in [0.15, 0.2) is 0 Å². The van der Waals surface area contributed by atoms with Gasteiger partial charge in [0.25, 0.3) is 0 Å². The van der Waals surface area contributed by atoms with Crippen LogP contribution in [-0.2, 0) is 11.3 Å². The van der Waals surface area contributed by atoms with E-state index in [0.29, 0.717) is 23.9 Å². The molecular formula is C13H15ClN2O3. The average Bonchev–Trinajstić information content (AvgIpc) is 2.38. The van der Waals surface area contributed by atoms with Crippen LogP contribution < -0.4 is 10.1 Å². The molecule has 0 spiro atoms. The molecule has 102 valence electrons. The molecule has 19 heavy (non-hydrogen) atoms. The molecule has 1 aliphatic rings. The second kappa shape index (κ2) is 5.48. The highest BCUT2D eigenvalue weighted by molar-refractivity contribution is 6.31. The zero-order valence-corrected chi connectivity index (χ0v) is 11.5. The molecule has 0 bridgehead atoms. The Kier molecular flexibility index (Phi) is 3.95. The minimum absolute atomic E-state index is 0.230. The summed E-state index contributed by atoms with van der Waals surface area (Å²) in [5.41, 5.74) is 0.739. The number of amides is 3. The maximum Gasteiger partial charge on any atom is 0.324 e. The standard InChI is InChI=1S/C13H15ClN2O3/c1-8-6-16(13(18)15-12(8)17)7-9-10(14)4-3-5-11(9)19-2/h3-5,8H,6-7H2,1-2H3,(H,15,17,18). The summed E-state index contributed by atoms with van der Waals surface area (Å²) in [4.78, 5) is 24.7. The Labute approximate surface area is 116 Å². The predicted molar refractivity (Wildman–Crippen MR) is 71.1 cm³/mol. The molecule has 1 N–H and O–H groups in total. The first-order valence-corrected chi connectivity index (χ1v) is 6.32. The molecule has 0 radical (unpaired) electrons. The lowest BCUT2D eigenvalue weighted by Gasteiger charge is -2.31. The minimum Gasteiger partial charge on any atom is -0.496 e. The van der Waals surface area contributed by atoms with Crippen molar-refractivity contribution in [3.05, 3.63) is 28.8 Å². The normalized spacial score (nSPS) is 19.3. The maximum absolute atomic E-state index is 11.8. The number of methoxy groups -OCH3 is 1. The molecule has 0 aromatic heterocycles. The Hall–Kier alpha value is -1.75. The highest BCUT2D eigenvalue weighted by Crippen LogP contribution is 2.28. The van der Waals surface area contributed by atoms with Crippen LogP contribution in [0.5, 0.6) is 5.75 Å². The van der Waals surface area contributed by atoms with Crippen LogP contribution in [0.25, 0.3) is 0 Å². The summed E-state index contributed by atoms with van der Waals surface area (Å²) in [5.74, 6) is 0.156. The molecule has 3 amide bonds. The number of carbonyl (C=O) groups is 2. The number of halogens is 1. The third kappa shape index (κ3) is 2.81. The molecule has 1 unspecified atom stereocenters. The van der Waals surface area contributed by atoms with Gasteiger partial charge in [-0.3, -0.25) is 10.1 Å². The number of hydrogen-bond acceptors (Lipinski definition) is 3. The van der Waals surface area contributed by atoms with Gasteiger partial charge in [-0.15, -0.1) is 0 Å². The molecule has 1 heterocycles. The Balaban J connectivity index is 2.21. The highest BCUT2D eigenvalue weighted by atomic mass is 35.5. The van der Waals surface area contributed by atoms with Crippen LogP contribution in [-0.4, -0.2) is 30.5 Å². The Morgan fingerprint density at radius 2 is 2.21 bits per heavy atom. The second-order valence-corrected chi connectivity index (χ2v) is 4.90. The van der Waals surface area contributed by atoms with Crippen LogP contribution in [0.2, 0.25) is 5.02 Å². The smallest absolute Gasteiger partial charge is 0.324 e. The summed E-state index contributed by atoms with van der Waals surface area (Å²) in [7, 11) is 1.55. The summed E-state index contributed by atoms with van der Waals surface area (Å²) in [6.07, 6.45) is 0. The van der Waals surface area contributed by atoms with E-state index >= 15 is 0 Å². The van der Waals surface area contributed by atoms with Gasteiger partial charge >= 0.3 is 6.03 Å². The van der Waals surface area contributed by atoms with Crippen molar-refractivity contribution in [2.24, 2.45) is 5.92 Å². The quantitative estimate of drug-likeness (QED) is 0.923. The first kappa shape index (κ1) is 13.7. The van der Waals surface area contributed by atoms with E-state index in [-0.39, 0.29) is 11.8 Å². The summed E-state index contributed by atoms with van der Waals surface area (Å²) in [6.45, 7) is 2.46. The summed E-state index contributed by atoms with van der Waals surface area (Å²) >= 11 is 6.13. The van der Waals surface area contributed by atoms with Gasteiger partial charge in [-0.2, -0.15) is 0 Å². The van der Waals surface area contributed by atoms with Crippen LogP contribution in [0.3, 0.4) is 0 Å². The van der Waals surface area contributed by atoms with Crippen LogP contribution >= 0.6 is 11.6 Å². The third-order valence-corrected chi connectivity index (χ3v) is 3.46. The van der Waals surface area contributed by atoms with E-state index in [0.717, 1.165) is 5.56 Å². The van der Waals surface area contributed by atoms with E-state index in [2.05, 4.69) is 5.32 Å². The number of imide groups is 1. The van der Waals surface area contributed by atoms with Gasteiger partial charge in [0.2, 0.25) is 5.91 Å². The largest absolute Gasteiger partial charge is 0.496 e. The lowest BCUT2D eigenvalue weighted by molar-refractivity contribution is -0.125. The van der Waals surface area contributed by atoms with E-state index in [4.69, 9.17) is 16.3 Å². The number of hydrogen-bond donors (Lipinski definition) is 1. The lowest BCUT2D eigenvalue weighted by atomic mass is 10.1. The number of ether oxygens (including phenoxy) is 1. The number of rotatable bonds is 3. The van der Waals surface area contributed by atoms with Crippen molar-refractivity contribution in [3.8, 4) is 5.75 Å². The van der Waals surface area contributed by atoms with E-state index in [1.54, 1.807) is 37.1 Å². The van der Waals surface area contributed by atoms with Crippen molar-refractivity contribution >= 4 is 23.5 Å². The first-order chi connectivity index (χ1) is 9.02. The third-order valence-electron chi connectivity index (χ3n) is 3.10. The maximum atomic E-state index is 11.8. The van der Waals surface area contributed by atoms with Crippen molar-refractivity contribution in [2.45, 2.75) is 13.5 Å². The fourth-order valence-electron chi connectivity index (χ4n) is 2.01. The summed E-state index contributed by atoms with van der Waals surface area (Å²) in [5, 5.41) is 2.86. The molecule has 6 heteroatoms. The SMILES string of the molecule is COc1cccc(Cl)c1CN1CC(C)C(=O)NC1=O. The van der Waals surface area contributed by atoms with Crippen LogP contribution in [0.4, 0.5) is 4.79 Å². The lowest BCUT2D eigenvalue weighted by Crippen LogP contribution is -2.53. The number of benzene rings is 1. The van der Waals surface area contributed by atoms with E-state index < -0.39 is 6.03 Å². The van der Waals surface area contributed by atoms with Crippen molar-refractivity contribution in [1.82, 2.24) is 10.2 Å². The molecular weight excluding hydrogens is 268 g/mol. The van der Waals surface area contributed by atoms with Gasteiger partial charge in [-0.25, -0.2) is 4.79 Å². The molecule has 1 saturated heterocycles. The van der Waals surface area contributed by atoms with Crippen molar-refractivity contribution in [3.63, 3.8) is 0 Å². The van der Waals surface area contributed by atoms with Crippen LogP contribution in [0.1, 0.15) is 12.5 Å². The predicted octanol–water partition coefficient (Wildman–Crippen LogP) is 2.04. The molecule has 1 aromatic rings. The van der Waals surface area contributed by atoms with Gasteiger partial charge in [-0.05, 0) is 12.1 Å². The monoisotopic (exact) mass is 282 g/mol. The van der Waals surface area contributed by atoms with Crippen molar-refractivity contribution in [2.75, 3.05) is 13.7 Å². The Bertz CT molecular complexity index is 519. The second-order valence-electron chi connectivity index (χ2n) is 4.50. The minimum atomic E-state index is -0.398. The van der Waals surface area contributed by atoms with E-state index in [1.165, 1.54) is 0 Å². The molecule has 0 aliphatic carbocycles. The van der Waals surface area contributed by atoms with Crippen LogP contribution in [0, 0.1) is 5.92 Å². The van der Waals surface area contributed by atoms with Gasteiger partial charge < -0.3 is 9.64 Å². The van der Waals surface area contributed by atoms with Gasteiger partial charge in [0.05, 0.1) is 19.6 Å². The zero-order valence-electron chi connectivity index (χ0n) is 10.8. The Morgan fingerprint density at radius 1 is 1.47 bits per heavy atom. The molecule has 1 fully saturated rings. The molecule has 2 rings (SSSR count). The van der Waals surface area contributed by atoms with Gasteiger partial charge in [0.1, 0.15) is 5.75 Å². The molecule has 1 atom stereocenters. The average molecular weight is 283 g/mol. The highest BCUT2D eigenvalue weighted by Gasteiger charge is 2.29. The van der Waals surface area contributed by atoms with Gasteiger partial charge in [0, 0.05) is 17.1 Å². The van der Waals surface area contributed by atoms with Crippen LogP contribution in [0.15, 0.2) is 18.2 Å².